The van der Waals surface area contributed by atoms with E-state index in [0.717, 1.165) is 0 Å². The number of rotatable bonds is 4. The van der Waals surface area contributed by atoms with Crippen molar-refractivity contribution in [1.29, 1.82) is 0 Å². The lowest BCUT2D eigenvalue weighted by molar-refractivity contribution is -0.141. The number of ether oxygens (including phenoxy) is 1. The topological polar surface area (TPSA) is 122 Å². The lowest BCUT2D eigenvalue weighted by Gasteiger charge is -2.21. The molecule has 0 spiro atoms. The molecule has 0 radical (unpaired) electrons. The highest BCUT2D eigenvalue weighted by molar-refractivity contribution is 5.83. The first-order chi connectivity index (χ1) is 8.02. The van der Waals surface area contributed by atoms with Crippen molar-refractivity contribution < 1.29 is 24.2 Å². The second-order valence-corrected chi connectivity index (χ2v) is 3.59. The summed E-state index contributed by atoms with van der Waals surface area (Å²) in [5, 5.41) is 11.3. The first-order valence-electron chi connectivity index (χ1n) is 5.22. The summed E-state index contributed by atoms with van der Waals surface area (Å²) in [5.41, 5.74) is 4.73. The Labute approximate surface area is 97.7 Å². The van der Waals surface area contributed by atoms with Crippen molar-refractivity contribution in [3.8, 4) is 0 Å². The number of urea groups is 1. The molecule has 1 saturated heterocycles. The normalized spacial score (nSPS) is 18.8. The molecule has 96 valence electrons. The Bertz CT molecular complexity index is 320. The molecule has 1 rings (SSSR count). The van der Waals surface area contributed by atoms with Crippen LogP contribution in [-0.4, -0.2) is 53.8 Å². The second kappa shape index (κ2) is 5.92. The first-order valence-corrected chi connectivity index (χ1v) is 5.22. The summed E-state index contributed by atoms with van der Waals surface area (Å²) in [6.07, 6.45) is 0.215. The maximum absolute atomic E-state index is 11.6. The predicted molar refractivity (Wildman–Crippen MR) is 56.3 cm³/mol. The Hall–Kier alpha value is -1.99. The third-order valence-electron chi connectivity index (χ3n) is 2.42. The van der Waals surface area contributed by atoms with Crippen LogP contribution in [0.5, 0.6) is 0 Å². The number of hydrogen-bond acceptors (Lipinski definition) is 4. The fraction of sp³-hybridized carbons (Fsp3) is 0.667. The maximum atomic E-state index is 11.6. The minimum absolute atomic E-state index is 0.0351. The van der Waals surface area contributed by atoms with Gasteiger partial charge in [-0.05, 0) is 12.8 Å². The van der Waals surface area contributed by atoms with Gasteiger partial charge in [0.2, 0.25) is 0 Å². The summed E-state index contributed by atoms with van der Waals surface area (Å²) >= 11 is 0. The van der Waals surface area contributed by atoms with Crippen LogP contribution >= 0.6 is 0 Å². The van der Waals surface area contributed by atoms with Crippen molar-refractivity contribution in [2.24, 2.45) is 5.73 Å². The molecular formula is C9H15N3O5. The van der Waals surface area contributed by atoms with E-state index in [1.807, 2.05) is 0 Å². The predicted octanol–water partition coefficient (Wildman–Crippen LogP) is -0.660. The largest absolute Gasteiger partial charge is 0.480 e. The summed E-state index contributed by atoms with van der Waals surface area (Å²) < 4.78 is 4.42. The second-order valence-electron chi connectivity index (χ2n) is 3.59. The van der Waals surface area contributed by atoms with Gasteiger partial charge in [0, 0.05) is 6.54 Å². The molecule has 8 heteroatoms. The molecule has 1 atom stereocenters. The average Bonchev–Trinajstić information content (AvgIpc) is 2.72. The summed E-state index contributed by atoms with van der Waals surface area (Å²) in [6.45, 7) is 0.483. The van der Waals surface area contributed by atoms with Gasteiger partial charge in [-0.25, -0.2) is 14.4 Å². The van der Waals surface area contributed by atoms with Crippen LogP contribution in [-0.2, 0) is 9.53 Å². The highest BCUT2D eigenvalue weighted by atomic mass is 16.5. The number of primary amides is 1. The van der Waals surface area contributed by atoms with E-state index < -0.39 is 24.1 Å². The number of nitrogens with one attached hydrogen (secondary N) is 1. The Morgan fingerprint density at radius 3 is 2.76 bits per heavy atom. The van der Waals surface area contributed by atoms with E-state index in [9.17, 15) is 14.4 Å². The van der Waals surface area contributed by atoms with Gasteiger partial charge in [0.25, 0.3) is 0 Å². The number of nitrogens with zero attached hydrogens (tertiary/aromatic N) is 1. The minimum Gasteiger partial charge on any atom is -0.480 e. The van der Waals surface area contributed by atoms with E-state index in [1.54, 1.807) is 0 Å². The molecule has 1 heterocycles. The first kappa shape index (κ1) is 13.1. The molecular weight excluding hydrogens is 230 g/mol. The van der Waals surface area contributed by atoms with E-state index in [1.165, 1.54) is 4.90 Å². The monoisotopic (exact) mass is 245 g/mol. The third-order valence-corrected chi connectivity index (χ3v) is 2.42. The Balaban J connectivity index is 2.32. The maximum Gasteiger partial charge on any atom is 0.404 e. The fourth-order valence-corrected chi connectivity index (χ4v) is 1.68. The van der Waals surface area contributed by atoms with E-state index in [2.05, 4.69) is 10.1 Å². The molecule has 0 aromatic rings. The van der Waals surface area contributed by atoms with Gasteiger partial charge >= 0.3 is 18.1 Å². The van der Waals surface area contributed by atoms with Crippen LogP contribution in [0, 0.1) is 0 Å². The van der Waals surface area contributed by atoms with E-state index in [4.69, 9.17) is 10.8 Å². The Morgan fingerprint density at radius 2 is 2.18 bits per heavy atom. The van der Waals surface area contributed by atoms with Crippen LogP contribution in [0.4, 0.5) is 9.59 Å². The van der Waals surface area contributed by atoms with Crippen LogP contribution in [0.3, 0.4) is 0 Å². The van der Waals surface area contributed by atoms with Gasteiger partial charge < -0.3 is 25.8 Å². The zero-order valence-corrected chi connectivity index (χ0v) is 9.22. The van der Waals surface area contributed by atoms with Gasteiger partial charge in [0.1, 0.15) is 12.6 Å². The number of aliphatic carboxylic acids is 1. The fourth-order valence-electron chi connectivity index (χ4n) is 1.68. The number of amides is 3. The number of likely N-dealkylation sites (tertiary alicyclic amines) is 1. The zero-order chi connectivity index (χ0) is 12.8. The van der Waals surface area contributed by atoms with Crippen molar-refractivity contribution in [2.75, 3.05) is 19.7 Å². The molecule has 1 aliphatic rings. The lowest BCUT2D eigenvalue weighted by atomic mass is 10.2. The van der Waals surface area contributed by atoms with Crippen molar-refractivity contribution in [2.45, 2.75) is 18.9 Å². The van der Waals surface area contributed by atoms with Crippen LogP contribution in [0.1, 0.15) is 12.8 Å². The van der Waals surface area contributed by atoms with Crippen LogP contribution in [0.25, 0.3) is 0 Å². The van der Waals surface area contributed by atoms with Gasteiger partial charge in [-0.1, -0.05) is 0 Å². The van der Waals surface area contributed by atoms with Crippen molar-refractivity contribution in [3.63, 3.8) is 0 Å². The highest BCUT2D eigenvalue weighted by Crippen LogP contribution is 2.16. The minimum atomic E-state index is -1.01. The standard InChI is InChI=1S/C9H15N3O5/c10-8(15)17-5-3-11-9(16)12-4-1-2-6(12)7(13)14/h6H,1-5H2,(H2,10,15)(H,11,16)(H,13,14)/t6-/m1/s1. The quantitative estimate of drug-likeness (QED) is 0.567. The Morgan fingerprint density at radius 1 is 1.47 bits per heavy atom. The van der Waals surface area contributed by atoms with Crippen LogP contribution < -0.4 is 11.1 Å². The summed E-state index contributed by atoms with van der Waals surface area (Å²) in [5.74, 6) is -1.01. The van der Waals surface area contributed by atoms with Crippen molar-refractivity contribution in [1.82, 2.24) is 10.2 Å². The highest BCUT2D eigenvalue weighted by Gasteiger charge is 2.33. The number of carbonyl (C=O) groups is 3. The molecule has 8 nitrogen and oxygen atoms in total. The van der Waals surface area contributed by atoms with E-state index in [-0.39, 0.29) is 13.2 Å². The molecule has 1 aliphatic heterocycles. The van der Waals surface area contributed by atoms with Crippen molar-refractivity contribution in [3.05, 3.63) is 0 Å². The number of nitrogens with two attached hydrogens (primary N) is 1. The van der Waals surface area contributed by atoms with Gasteiger partial charge in [-0.2, -0.15) is 0 Å². The average molecular weight is 245 g/mol. The van der Waals surface area contributed by atoms with E-state index in [0.29, 0.717) is 19.4 Å². The van der Waals surface area contributed by atoms with Crippen LogP contribution in [0.2, 0.25) is 0 Å². The summed E-state index contributed by atoms with van der Waals surface area (Å²) in [6, 6.07) is -1.24. The number of carbonyl (C=O) groups excluding carboxylic acids is 2. The molecule has 4 N–H and O–H groups in total. The summed E-state index contributed by atoms with van der Waals surface area (Å²) in [4.78, 5) is 33.9. The number of carboxylic acids is 1. The van der Waals surface area contributed by atoms with Crippen LogP contribution in [0.15, 0.2) is 0 Å². The molecule has 0 aliphatic carbocycles. The lowest BCUT2D eigenvalue weighted by Crippen LogP contribution is -2.46. The molecule has 0 saturated carbocycles. The Kier molecular flexibility index (Phi) is 4.56. The van der Waals surface area contributed by atoms with Gasteiger partial charge in [-0.15, -0.1) is 0 Å². The molecule has 0 aromatic heterocycles. The molecule has 0 bridgehead atoms. The zero-order valence-electron chi connectivity index (χ0n) is 9.22. The van der Waals surface area contributed by atoms with Gasteiger partial charge in [0.15, 0.2) is 0 Å². The molecule has 0 aromatic carbocycles. The van der Waals surface area contributed by atoms with Gasteiger partial charge in [-0.3, -0.25) is 0 Å². The SMILES string of the molecule is NC(=O)OCCNC(=O)N1CCC[C@@H]1C(=O)O. The third kappa shape index (κ3) is 3.82. The summed E-state index contributed by atoms with van der Waals surface area (Å²) in [7, 11) is 0. The molecule has 0 unspecified atom stereocenters. The molecule has 1 fully saturated rings. The van der Waals surface area contributed by atoms with Crippen molar-refractivity contribution >= 4 is 18.1 Å². The molecule has 17 heavy (non-hydrogen) atoms. The number of hydrogen-bond donors (Lipinski definition) is 3. The number of carboxylic acid groups (broad SMARTS) is 1. The van der Waals surface area contributed by atoms with E-state index >= 15 is 0 Å². The molecule has 3 amide bonds. The smallest absolute Gasteiger partial charge is 0.404 e. The van der Waals surface area contributed by atoms with Gasteiger partial charge in [0.05, 0.1) is 6.54 Å².